The molecule has 3 aromatic rings. The molecule has 4 rings (SSSR count). The molecular formula is C20H24N6O. The van der Waals surface area contributed by atoms with E-state index in [1.54, 1.807) is 11.8 Å². The van der Waals surface area contributed by atoms with Crippen LogP contribution in [0.2, 0.25) is 0 Å². The molecule has 0 aliphatic carbocycles. The van der Waals surface area contributed by atoms with Crippen LogP contribution in [0.4, 0.5) is 5.95 Å². The molecule has 1 fully saturated rings. The van der Waals surface area contributed by atoms with E-state index in [0.717, 1.165) is 24.5 Å². The number of hydrogen-bond donors (Lipinski definition) is 1. The van der Waals surface area contributed by atoms with Gasteiger partial charge in [0.2, 0.25) is 5.95 Å². The molecule has 0 bridgehead atoms. The molecule has 0 unspecified atom stereocenters. The van der Waals surface area contributed by atoms with Crippen LogP contribution in [-0.2, 0) is 0 Å². The van der Waals surface area contributed by atoms with Crippen LogP contribution >= 0.6 is 0 Å². The summed E-state index contributed by atoms with van der Waals surface area (Å²) >= 11 is 0. The monoisotopic (exact) mass is 364 g/mol. The molecule has 7 heteroatoms. The Bertz CT molecular complexity index is 860. The minimum atomic E-state index is 0.199. The molecule has 0 amide bonds. The van der Waals surface area contributed by atoms with Crippen molar-refractivity contribution in [3.05, 3.63) is 60.2 Å². The minimum Gasteiger partial charge on any atom is -0.496 e. The lowest BCUT2D eigenvalue weighted by atomic mass is 10.0. The van der Waals surface area contributed by atoms with Crippen molar-refractivity contribution in [1.29, 1.82) is 0 Å². The van der Waals surface area contributed by atoms with Gasteiger partial charge in [0.05, 0.1) is 18.8 Å². The smallest absolute Gasteiger partial charge is 0.247 e. The number of para-hydroxylation sites is 2. The molecule has 7 nitrogen and oxygen atoms in total. The number of tetrazole rings is 1. The van der Waals surface area contributed by atoms with E-state index in [-0.39, 0.29) is 6.04 Å². The third-order valence-electron chi connectivity index (χ3n) is 5.00. The molecule has 1 aromatic heterocycles. The molecule has 1 aliphatic rings. The Hall–Kier alpha value is -2.93. The van der Waals surface area contributed by atoms with Gasteiger partial charge in [-0.1, -0.05) is 41.5 Å². The second-order valence-corrected chi connectivity index (χ2v) is 6.63. The van der Waals surface area contributed by atoms with Gasteiger partial charge in [0, 0.05) is 12.1 Å². The molecule has 1 atom stereocenters. The minimum absolute atomic E-state index is 0.199. The zero-order valence-corrected chi connectivity index (χ0v) is 15.5. The Morgan fingerprint density at radius 1 is 1.04 bits per heavy atom. The Morgan fingerprint density at radius 3 is 2.56 bits per heavy atom. The summed E-state index contributed by atoms with van der Waals surface area (Å²) in [6.07, 6.45) is 2.46. The van der Waals surface area contributed by atoms with Crippen LogP contribution in [0.3, 0.4) is 0 Å². The van der Waals surface area contributed by atoms with Crippen molar-refractivity contribution in [2.24, 2.45) is 0 Å². The average Bonchev–Trinajstić information content (AvgIpc) is 3.41. The number of aromatic nitrogens is 4. The van der Waals surface area contributed by atoms with E-state index in [2.05, 4.69) is 37.9 Å². The van der Waals surface area contributed by atoms with Crippen molar-refractivity contribution in [3.63, 3.8) is 0 Å². The van der Waals surface area contributed by atoms with Crippen LogP contribution in [0.25, 0.3) is 5.69 Å². The second-order valence-electron chi connectivity index (χ2n) is 6.63. The van der Waals surface area contributed by atoms with Gasteiger partial charge in [-0.15, -0.1) is 0 Å². The summed E-state index contributed by atoms with van der Waals surface area (Å²) < 4.78 is 7.34. The topological polar surface area (TPSA) is 68.1 Å². The highest BCUT2D eigenvalue weighted by atomic mass is 16.5. The van der Waals surface area contributed by atoms with E-state index >= 15 is 0 Å². The lowest BCUT2D eigenvalue weighted by molar-refractivity contribution is 0.249. The lowest BCUT2D eigenvalue weighted by Gasteiger charge is -2.29. The number of nitrogens with zero attached hydrogens (tertiary/aromatic N) is 5. The quantitative estimate of drug-likeness (QED) is 0.695. The largest absolute Gasteiger partial charge is 0.496 e. The molecule has 140 valence electrons. The van der Waals surface area contributed by atoms with E-state index in [4.69, 9.17) is 4.74 Å². The zero-order valence-electron chi connectivity index (χ0n) is 15.5. The maximum Gasteiger partial charge on any atom is 0.247 e. The number of hydrogen-bond acceptors (Lipinski definition) is 6. The van der Waals surface area contributed by atoms with Crippen molar-refractivity contribution < 1.29 is 4.74 Å². The van der Waals surface area contributed by atoms with Crippen molar-refractivity contribution in [1.82, 2.24) is 25.1 Å². The fourth-order valence-electron chi connectivity index (χ4n) is 3.66. The first-order valence-electron chi connectivity index (χ1n) is 9.31. The van der Waals surface area contributed by atoms with Gasteiger partial charge in [-0.25, -0.2) is 0 Å². The van der Waals surface area contributed by atoms with Crippen LogP contribution in [-0.4, -0.2) is 51.9 Å². The van der Waals surface area contributed by atoms with Gasteiger partial charge in [0.25, 0.3) is 0 Å². The van der Waals surface area contributed by atoms with Gasteiger partial charge in [0.15, 0.2) is 0 Å². The number of rotatable bonds is 7. The molecule has 0 spiro atoms. The van der Waals surface area contributed by atoms with Gasteiger partial charge >= 0.3 is 0 Å². The summed E-state index contributed by atoms with van der Waals surface area (Å²) in [5.41, 5.74) is 2.12. The first-order valence-corrected chi connectivity index (χ1v) is 9.31. The van der Waals surface area contributed by atoms with Crippen LogP contribution in [0.1, 0.15) is 24.4 Å². The van der Waals surface area contributed by atoms with Crippen molar-refractivity contribution in [2.45, 2.75) is 18.9 Å². The number of benzene rings is 2. The van der Waals surface area contributed by atoms with Gasteiger partial charge in [-0.2, -0.15) is 4.68 Å². The molecule has 1 N–H and O–H groups in total. The van der Waals surface area contributed by atoms with E-state index in [1.165, 1.54) is 18.4 Å². The van der Waals surface area contributed by atoms with E-state index in [1.807, 2.05) is 42.5 Å². The first kappa shape index (κ1) is 17.5. The van der Waals surface area contributed by atoms with E-state index in [0.29, 0.717) is 12.5 Å². The Kier molecular flexibility index (Phi) is 5.29. The number of ether oxygens (including phenoxy) is 1. The number of nitrogens with one attached hydrogen (secondary N) is 1. The average molecular weight is 364 g/mol. The zero-order chi connectivity index (χ0) is 18.5. The van der Waals surface area contributed by atoms with Gasteiger partial charge in [-0.05, 0) is 54.6 Å². The van der Waals surface area contributed by atoms with Crippen LogP contribution in [0.5, 0.6) is 5.75 Å². The molecule has 1 aliphatic heterocycles. The van der Waals surface area contributed by atoms with Crippen molar-refractivity contribution >= 4 is 5.95 Å². The Morgan fingerprint density at radius 2 is 1.78 bits per heavy atom. The van der Waals surface area contributed by atoms with Crippen molar-refractivity contribution in [3.8, 4) is 11.4 Å². The standard InChI is InChI=1S/C20H24N6O/c1-27-19-12-6-5-11-17(19)18(25-13-7-8-14-25)15-21-20-22-23-24-26(20)16-9-3-2-4-10-16/h2-6,9-12,18H,7-8,13-15H2,1H3,(H,21,22,24)/t18-/m0/s1. The van der Waals surface area contributed by atoms with Gasteiger partial charge < -0.3 is 10.1 Å². The van der Waals surface area contributed by atoms with Crippen LogP contribution < -0.4 is 10.1 Å². The highest BCUT2D eigenvalue weighted by Gasteiger charge is 2.26. The fourth-order valence-corrected chi connectivity index (χ4v) is 3.66. The number of methoxy groups -OCH3 is 1. The van der Waals surface area contributed by atoms with Gasteiger partial charge in [-0.3, -0.25) is 4.90 Å². The predicted octanol–water partition coefficient (Wildman–Crippen LogP) is 2.92. The number of likely N-dealkylation sites (tertiary alicyclic amines) is 1. The Labute approximate surface area is 159 Å². The lowest BCUT2D eigenvalue weighted by Crippen LogP contribution is -2.31. The van der Waals surface area contributed by atoms with Gasteiger partial charge in [0.1, 0.15) is 5.75 Å². The fraction of sp³-hybridized carbons (Fsp3) is 0.350. The highest BCUT2D eigenvalue weighted by molar-refractivity contribution is 5.40. The summed E-state index contributed by atoms with van der Waals surface area (Å²) in [5, 5.41) is 15.6. The highest BCUT2D eigenvalue weighted by Crippen LogP contribution is 2.31. The van der Waals surface area contributed by atoms with Crippen LogP contribution in [0, 0.1) is 0 Å². The van der Waals surface area contributed by atoms with Crippen LogP contribution in [0.15, 0.2) is 54.6 Å². The molecule has 0 saturated carbocycles. The second kappa shape index (κ2) is 8.18. The third kappa shape index (κ3) is 3.78. The summed E-state index contributed by atoms with van der Waals surface area (Å²) in [5.74, 6) is 1.55. The number of anilines is 1. The molecule has 2 heterocycles. The van der Waals surface area contributed by atoms with E-state index < -0.39 is 0 Å². The maximum absolute atomic E-state index is 5.62. The summed E-state index contributed by atoms with van der Waals surface area (Å²) in [6, 6.07) is 18.3. The summed E-state index contributed by atoms with van der Waals surface area (Å²) in [7, 11) is 1.73. The molecule has 27 heavy (non-hydrogen) atoms. The first-order chi connectivity index (χ1) is 13.4. The molecular weight excluding hydrogens is 340 g/mol. The summed E-state index contributed by atoms with van der Waals surface area (Å²) in [4.78, 5) is 2.50. The maximum atomic E-state index is 5.62. The van der Waals surface area contributed by atoms with E-state index in [9.17, 15) is 0 Å². The molecule has 0 radical (unpaired) electrons. The summed E-state index contributed by atoms with van der Waals surface area (Å²) in [6.45, 7) is 2.88. The predicted molar refractivity (Wildman–Crippen MR) is 104 cm³/mol. The SMILES string of the molecule is COc1ccccc1[C@H](CNc1nnnn1-c1ccccc1)N1CCCC1. The third-order valence-corrected chi connectivity index (χ3v) is 5.00. The molecule has 2 aromatic carbocycles. The molecule has 1 saturated heterocycles. The Balaban J connectivity index is 1.58. The normalized spacial score (nSPS) is 15.6. The van der Waals surface area contributed by atoms with Crippen molar-refractivity contribution in [2.75, 3.05) is 32.1 Å².